The Morgan fingerprint density at radius 2 is 1.68 bits per heavy atom. The molecule has 0 unspecified atom stereocenters. The summed E-state index contributed by atoms with van der Waals surface area (Å²) in [5.41, 5.74) is 0.235. The van der Waals surface area contributed by atoms with Crippen LogP contribution in [0.15, 0.2) is 54.6 Å². The van der Waals surface area contributed by atoms with Gasteiger partial charge in [-0.1, -0.05) is 42.5 Å². The van der Waals surface area contributed by atoms with Gasteiger partial charge in [0.25, 0.3) is 0 Å². The molecule has 166 valence electrons. The van der Waals surface area contributed by atoms with E-state index in [1.165, 1.54) is 12.1 Å². The summed E-state index contributed by atoms with van der Waals surface area (Å²) in [4.78, 5) is 16.2. The number of para-hydroxylation sites is 1. The quantitative estimate of drug-likeness (QED) is 0.680. The van der Waals surface area contributed by atoms with Gasteiger partial charge >= 0.3 is 6.18 Å². The fraction of sp³-hybridized carbons (Fsp3) is 0.364. The molecule has 0 radical (unpaired) electrons. The summed E-state index contributed by atoms with van der Waals surface area (Å²) in [6.07, 6.45) is -3.70. The third kappa shape index (κ3) is 6.93. The molecule has 0 aromatic heterocycles. The summed E-state index contributed by atoms with van der Waals surface area (Å²) < 4.78 is 39.6. The molecule has 2 N–H and O–H groups in total. The van der Waals surface area contributed by atoms with Crippen LogP contribution in [0.4, 0.5) is 18.9 Å². The number of benzene rings is 2. The number of hydrogen-bond acceptors (Lipinski definition) is 3. The Morgan fingerprint density at radius 3 is 2.42 bits per heavy atom. The number of carbonyl (C=O) groups excluding carboxylic acids is 1. The van der Waals surface area contributed by atoms with E-state index in [-0.39, 0.29) is 23.3 Å². The third-order valence-corrected chi connectivity index (χ3v) is 5.41. The van der Waals surface area contributed by atoms with Crippen molar-refractivity contribution in [1.29, 1.82) is 0 Å². The largest absolute Gasteiger partial charge is 0.418 e. The average molecular weight is 451 g/mol. The molecule has 0 saturated carbocycles. The van der Waals surface area contributed by atoms with Gasteiger partial charge in [-0.05, 0) is 36.3 Å². The lowest BCUT2D eigenvalue weighted by Gasteiger charge is -2.25. The fourth-order valence-corrected chi connectivity index (χ4v) is 3.71. The Labute approximate surface area is 185 Å². The zero-order valence-electron chi connectivity index (χ0n) is 17.0. The lowest BCUT2D eigenvalue weighted by Crippen LogP contribution is -2.40. The van der Waals surface area contributed by atoms with Crippen molar-refractivity contribution in [3.8, 4) is 0 Å². The van der Waals surface area contributed by atoms with Crippen LogP contribution in [0.2, 0.25) is 0 Å². The molecule has 1 saturated heterocycles. The second-order valence-electron chi connectivity index (χ2n) is 7.35. The Bertz CT molecular complexity index is 892. The molecular formula is C22H25F3N4OS. The molecule has 0 aliphatic carbocycles. The first-order valence-corrected chi connectivity index (χ1v) is 10.5. The number of thiocarbonyl (C=S) groups is 1. The highest BCUT2D eigenvalue weighted by atomic mass is 32.1. The molecule has 2 aromatic carbocycles. The molecule has 0 atom stereocenters. The highest BCUT2D eigenvalue weighted by Crippen LogP contribution is 2.34. The summed E-state index contributed by atoms with van der Waals surface area (Å²) in [5, 5.41) is 5.92. The molecule has 1 aliphatic heterocycles. The molecule has 5 nitrogen and oxygen atoms in total. The molecule has 1 aliphatic rings. The van der Waals surface area contributed by atoms with E-state index in [0.29, 0.717) is 26.2 Å². The molecule has 9 heteroatoms. The van der Waals surface area contributed by atoms with Crippen LogP contribution in [0.25, 0.3) is 0 Å². The van der Waals surface area contributed by atoms with E-state index in [2.05, 4.69) is 10.6 Å². The zero-order chi connectivity index (χ0) is 22.3. The molecule has 3 rings (SSSR count). The molecular weight excluding hydrogens is 425 g/mol. The lowest BCUT2D eigenvalue weighted by molar-refractivity contribution is -0.137. The summed E-state index contributed by atoms with van der Waals surface area (Å²) in [5.74, 6) is -0.0582. The van der Waals surface area contributed by atoms with Gasteiger partial charge in [0.15, 0.2) is 5.11 Å². The first-order chi connectivity index (χ1) is 14.8. The molecule has 0 bridgehead atoms. The van der Waals surface area contributed by atoms with Crippen LogP contribution in [-0.4, -0.2) is 53.5 Å². The van der Waals surface area contributed by atoms with E-state index in [4.69, 9.17) is 12.2 Å². The Hall–Kier alpha value is -2.65. The van der Waals surface area contributed by atoms with Crippen LogP contribution in [0.1, 0.15) is 17.5 Å². The minimum Gasteiger partial charge on any atom is -0.351 e. The molecule has 1 heterocycles. The van der Waals surface area contributed by atoms with E-state index in [0.717, 1.165) is 24.6 Å². The van der Waals surface area contributed by atoms with Crippen molar-refractivity contribution in [2.45, 2.75) is 19.1 Å². The van der Waals surface area contributed by atoms with E-state index in [9.17, 15) is 18.0 Å². The first-order valence-electron chi connectivity index (χ1n) is 10.1. The highest BCUT2D eigenvalue weighted by molar-refractivity contribution is 7.80. The first kappa shape index (κ1) is 23.0. The number of hydrogen-bond donors (Lipinski definition) is 2. The van der Waals surface area contributed by atoms with Crippen LogP contribution in [0, 0.1) is 0 Å². The number of carbonyl (C=O) groups is 1. The maximum atomic E-state index is 13.2. The van der Waals surface area contributed by atoms with Gasteiger partial charge < -0.3 is 15.5 Å². The Morgan fingerprint density at radius 1 is 0.968 bits per heavy atom. The molecule has 0 spiro atoms. The summed E-state index contributed by atoms with van der Waals surface area (Å²) >= 11 is 5.37. The normalized spacial score (nSPS) is 15.3. The van der Waals surface area contributed by atoms with Gasteiger partial charge in [0.1, 0.15) is 0 Å². The van der Waals surface area contributed by atoms with Crippen LogP contribution >= 0.6 is 12.2 Å². The predicted molar refractivity (Wildman–Crippen MR) is 119 cm³/mol. The van der Waals surface area contributed by atoms with E-state index in [1.54, 1.807) is 6.07 Å². The van der Waals surface area contributed by atoms with Gasteiger partial charge in [0.05, 0.1) is 17.8 Å². The maximum absolute atomic E-state index is 13.2. The van der Waals surface area contributed by atoms with Gasteiger partial charge in [-0.15, -0.1) is 0 Å². The number of amides is 1. The highest BCUT2D eigenvalue weighted by Gasteiger charge is 2.33. The summed E-state index contributed by atoms with van der Waals surface area (Å²) in [7, 11) is 0. The standard InChI is InChI=1S/C22H25F3N4OS/c23-22(24,25)18-9-4-5-10-19(18)27-21(31)29-12-6-11-28(13-14-29)16-20(30)26-15-17-7-2-1-3-8-17/h1-5,7-10H,6,11-16H2,(H,26,30)(H,27,31). The zero-order valence-corrected chi connectivity index (χ0v) is 17.8. The van der Waals surface area contributed by atoms with Crippen molar-refractivity contribution in [1.82, 2.24) is 15.1 Å². The van der Waals surface area contributed by atoms with Gasteiger partial charge in [0, 0.05) is 32.7 Å². The second kappa shape index (κ2) is 10.6. The minimum atomic E-state index is -4.46. The number of nitrogens with zero attached hydrogens (tertiary/aromatic N) is 2. The minimum absolute atomic E-state index is 0.0543. The van der Waals surface area contributed by atoms with E-state index >= 15 is 0 Å². The second-order valence-corrected chi connectivity index (χ2v) is 7.74. The molecule has 1 amide bonds. The average Bonchev–Trinajstić information content (AvgIpc) is 2.98. The molecule has 2 aromatic rings. The van der Waals surface area contributed by atoms with Crippen molar-refractivity contribution in [2.75, 3.05) is 38.0 Å². The van der Waals surface area contributed by atoms with Crippen molar-refractivity contribution >= 4 is 28.9 Å². The summed E-state index contributed by atoms with van der Waals surface area (Å²) in [6.45, 7) is 3.22. The van der Waals surface area contributed by atoms with Crippen molar-refractivity contribution < 1.29 is 18.0 Å². The maximum Gasteiger partial charge on any atom is 0.418 e. The van der Waals surface area contributed by atoms with Gasteiger partial charge in [-0.3, -0.25) is 9.69 Å². The van der Waals surface area contributed by atoms with Crippen molar-refractivity contribution in [2.24, 2.45) is 0 Å². The Balaban J connectivity index is 1.49. The number of halogens is 3. The topological polar surface area (TPSA) is 47.6 Å². The number of rotatable bonds is 5. The van der Waals surface area contributed by atoms with Crippen molar-refractivity contribution in [3.63, 3.8) is 0 Å². The van der Waals surface area contributed by atoms with Gasteiger partial charge in [-0.2, -0.15) is 13.2 Å². The Kier molecular flexibility index (Phi) is 7.86. The number of alkyl halides is 3. The van der Waals surface area contributed by atoms with Crippen LogP contribution in [0.5, 0.6) is 0 Å². The van der Waals surface area contributed by atoms with Gasteiger partial charge in [0.2, 0.25) is 5.91 Å². The smallest absolute Gasteiger partial charge is 0.351 e. The number of anilines is 1. The third-order valence-electron chi connectivity index (χ3n) is 5.05. The van der Waals surface area contributed by atoms with Crippen LogP contribution in [0.3, 0.4) is 0 Å². The van der Waals surface area contributed by atoms with Crippen LogP contribution < -0.4 is 10.6 Å². The SMILES string of the molecule is O=C(CN1CCCN(C(=S)Nc2ccccc2C(F)(F)F)CC1)NCc1ccccc1. The number of nitrogens with one attached hydrogen (secondary N) is 2. The fourth-order valence-electron chi connectivity index (χ4n) is 3.42. The molecule has 31 heavy (non-hydrogen) atoms. The van der Waals surface area contributed by atoms with Gasteiger partial charge in [-0.25, -0.2) is 0 Å². The van der Waals surface area contributed by atoms with Crippen molar-refractivity contribution in [3.05, 3.63) is 65.7 Å². The predicted octanol–water partition coefficient (Wildman–Crippen LogP) is 3.73. The molecule has 1 fully saturated rings. The van der Waals surface area contributed by atoms with E-state index in [1.807, 2.05) is 40.1 Å². The monoisotopic (exact) mass is 450 g/mol. The summed E-state index contributed by atoms with van der Waals surface area (Å²) in [6, 6.07) is 15.0. The lowest BCUT2D eigenvalue weighted by atomic mass is 10.1. The van der Waals surface area contributed by atoms with E-state index < -0.39 is 11.7 Å². The van der Waals surface area contributed by atoms with Crippen LogP contribution in [-0.2, 0) is 17.5 Å².